The second kappa shape index (κ2) is 8.25. The minimum Gasteiger partial charge on any atom is -0.479 e. The number of fused-ring (bicyclic) bond motifs is 1. The first kappa shape index (κ1) is 20.6. The van der Waals surface area contributed by atoms with E-state index in [9.17, 15) is 19.7 Å². The molecule has 1 fully saturated rings. The first-order chi connectivity index (χ1) is 14.8. The summed E-state index contributed by atoms with van der Waals surface area (Å²) in [5.41, 5.74) is 1.70. The molecule has 2 heterocycles. The molecule has 2 aliphatic heterocycles. The van der Waals surface area contributed by atoms with E-state index >= 15 is 0 Å². The van der Waals surface area contributed by atoms with Gasteiger partial charge in [0, 0.05) is 30.9 Å². The van der Waals surface area contributed by atoms with Gasteiger partial charge in [-0.1, -0.05) is 6.92 Å². The summed E-state index contributed by atoms with van der Waals surface area (Å²) in [5.74, 6) is 0.413. The molecular formula is C22H24N4O5. The van der Waals surface area contributed by atoms with Crippen LogP contribution in [-0.2, 0) is 4.79 Å². The van der Waals surface area contributed by atoms with Gasteiger partial charge in [-0.2, -0.15) is 0 Å². The number of nitrogens with one attached hydrogen (secondary N) is 2. The molecule has 2 aliphatic rings. The zero-order valence-corrected chi connectivity index (χ0v) is 17.4. The zero-order chi connectivity index (χ0) is 22.1. The number of hydrogen-bond acceptors (Lipinski definition) is 6. The lowest BCUT2D eigenvalue weighted by atomic mass is 9.98. The summed E-state index contributed by atoms with van der Waals surface area (Å²) >= 11 is 0. The van der Waals surface area contributed by atoms with Crippen molar-refractivity contribution in [2.45, 2.75) is 32.8 Å². The fourth-order valence-electron chi connectivity index (χ4n) is 3.83. The van der Waals surface area contributed by atoms with Crippen molar-refractivity contribution in [3.8, 4) is 5.75 Å². The van der Waals surface area contributed by atoms with Crippen LogP contribution in [-0.4, -0.2) is 35.9 Å². The molecule has 2 N–H and O–H groups in total. The summed E-state index contributed by atoms with van der Waals surface area (Å²) in [5, 5.41) is 16.8. The number of carbonyl (C=O) groups excluding carboxylic acids is 2. The van der Waals surface area contributed by atoms with Crippen molar-refractivity contribution >= 4 is 34.6 Å². The van der Waals surface area contributed by atoms with E-state index in [1.807, 2.05) is 0 Å². The predicted molar refractivity (Wildman–Crippen MR) is 117 cm³/mol. The van der Waals surface area contributed by atoms with Crippen LogP contribution in [0.2, 0.25) is 0 Å². The molecule has 4 rings (SSSR count). The fraction of sp³-hybridized carbons (Fsp3) is 0.364. The van der Waals surface area contributed by atoms with E-state index in [-0.39, 0.29) is 17.2 Å². The van der Waals surface area contributed by atoms with E-state index in [1.165, 1.54) is 12.1 Å². The molecule has 1 saturated heterocycles. The molecule has 31 heavy (non-hydrogen) atoms. The summed E-state index contributed by atoms with van der Waals surface area (Å²) in [7, 11) is 0. The van der Waals surface area contributed by atoms with E-state index in [2.05, 4.69) is 22.5 Å². The summed E-state index contributed by atoms with van der Waals surface area (Å²) in [4.78, 5) is 37.9. The molecule has 2 amide bonds. The maximum Gasteiger partial charge on any atom is 0.270 e. The summed E-state index contributed by atoms with van der Waals surface area (Å²) < 4.78 is 5.53. The molecule has 9 nitrogen and oxygen atoms in total. The molecule has 0 aromatic heterocycles. The average molecular weight is 424 g/mol. The summed E-state index contributed by atoms with van der Waals surface area (Å²) in [6, 6.07) is 9.33. The third kappa shape index (κ3) is 4.30. The Bertz CT molecular complexity index is 1050. The molecule has 9 heteroatoms. The van der Waals surface area contributed by atoms with Gasteiger partial charge in [0.2, 0.25) is 0 Å². The minimum absolute atomic E-state index is 0.139. The Morgan fingerprint density at radius 3 is 2.65 bits per heavy atom. The van der Waals surface area contributed by atoms with Gasteiger partial charge in [0.15, 0.2) is 6.10 Å². The lowest BCUT2D eigenvalue weighted by Gasteiger charge is -2.33. The van der Waals surface area contributed by atoms with Crippen LogP contribution < -0.4 is 20.3 Å². The number of ether oxygens (including phenoxy) is 1. The molecule has 0 radical (unpaired) electrons. The van der Waals surface area contributed by atoms with Crippen LogP contribution in [0.15, 0.2) is 36.4 Å². The lowest BCUT2D eigenvalue weighted by molar-refractivity contribution is -0.384. The third-order valence-corrected chi connectivity index (χ3v) is 5.73. The maximum atomic E-state index is 13.1. The monoisotopic (exact) mass is 424 g/mol. The van der Waals surface area contributed by atoms with Crippen molar-refractivity contribution in [1.29, 1.82) is 0 Å². The van der Waals surface area contributed by atoms with Crippen molar-refractivity contribution in [2.24, 2.45) is 5.92 Å². The van der Waals surface area contributed by atoms with Crippen LogP contribution in [0.25, 0.3) is 0 Å². The number of non-ortho nitro benzene ring substituents is 1. The molecule has 0 saturated carbocycles. The van der Waals surface area contributed by atoms with Crippen LogP contribution in [0, 0.1) is 16.0 Å². The number of rotatable bonds is 4. The van der Waals surface area contributed by atoms with Crippen molar-refractivity contribution in [2.75, 3.05) is 28.6 Å². The first-order valence-electron chi connectivity index (χ1n) is 10.3. The van der Waals surface area contributed by atoms with Crippen molar-refractivity contribution in [1.82, 2.24) is 0 Å². The second-order valence-corrected chi connectivity index (χ2v) is 8.04. The van der Waals surface area contributed by atoms with Crippen LogP contribution in [0.5, 0.6) is 5.75 Å². The lowest BCUT2D eigenvalue weighted by Crippen LogP contribution is -2.34. The SMILES string of the molecule is CC1CCN(c2ccc([N+](=O)[O-])cc2C(=O)Nc2ccc3c(c2)NC(=O)[C@H](C)O3)CC1. The van der Waals surface area contributed by atoms with E-state index in [0.29, 0.717) is 28.7 Å². The number of nitrogens with zero attached hydrogens (tertiary/aromatic N) is 2. The van der Waals surface area contributed by atoms with E-state index in [1.54, 1.807) is 31.2 Å². The Balaban J connectivity index is 1.61. The Morgan fingerprint density at radius 1 is 1.19 bits per heavy atom. The topological polar surface area (TPSA) is 114 Å². The third-order valence-electron chi connectivity index (χ3n) is 5.73. The number of hydrogen-bond donors (Lipinski definition) is 2. The smallest absolute Gasteiger partial charge is 0.270 e. The van der Waals surface area contributed by atoms with Gasteiger partial charge in [0.1, 0.15) is 5.75 Å². The van der Waals surface area contributed by atoms with Crippen molar-refractivity contribution in [3.63, 3.8) is 0 Å². The van der Waals surface area contributed by atoms with Crippen LogP contribution in [0.3, 0.4) is 0 Å². The zero-order valence-electron chi connectivity index (χ0n) is 17.4. The molecule has 162 valence electrons. The minimum atomic E-state index is -0.590. The van der Waals surface area contributed by atoms with Gasteiger partial charge in [-0.3, -0.25) is 19.7 Å². The number of carbonyl (C=O) groups is 2. The van der Waals surface area contributed by atoms with E-state index in [0.717, 1.165) is 25.9 Å². The van der Waals surface area contributed by atoms with Crippen molar-refractivity contribution in [3.05, 3.63) is 52.1 Å². The Kier molecular flexibility index (Phi) is 5.50. The number of nitro benzene ring substituents is 1. The van der Waals surface area contributed by atoms with E-state index in [4.69, 9.17) is 4.74 Å². The standard InChI is InChI=1S/C22H24N4O5/c1-13-7-9-25(10-8-13)19-5-4-16(26(29)30)12-17(19)22(28)23-15-3-6-20-18(11-15)24-21(27)14(2)31-20/h3-6,11-14H,7-10H2,1-2H3,(H,23,28)(H,24,27)/t14-/m0/s1. The van der Waals surface area contributed by atoms with Gasteiger partial charge in [0.25, 0.3) is 17.5 Å². The number of piperidine rings is 1. The highest BCUT2D eigenvalue weighted by molar-refractivity contribution is 6.09. The van der Waals surface area contributed by atoms with Crippen LogP contribution in [0.4, 0.5) is 22.7 Å². The van der Waals surface area contributed by atoms with Gasteiger partial charge in [-0.15, -0.1) is 0 Å². The van der Waals surface area contributed by atoms with Crippen molar-refractivity contribution < 1.29 is 19.2 Å². The molecule has 0 unspecified atom stereocenters. The van der Waals surface area contributed by atoms with Gasteiger partial charge in [0.05, 0.1) is 21.9 Å². The molecule has 0 spiro atoms. The highest BCUT2D eigenvalue weighted by Crippen LogP contribution is 2.33. The number of nitro groups is 1. The molecule has 2 aromatic rings. The average Bonchev–Trinajstić information content (AvgIpc) is 2.75. The normalized spacial score (nSPS) is 18.6. The van der Waals surface area contributed by atoms with E-state index < -0.39 is 16.9 Å². The Morgan fingerprint density at radius 2 is 1.94 bits per heavy atom. The van der Waals surface area contributed by atoms with Gasteiger partial charge in [-0.25, -0.2) is 0 Å². The predicted octanol–water partition coefficient (Wildman–Crippen LogP) is 3.80. The van der Waals surface area contributed by atoms with Gasteiger partial charge in [-0.05, 0) is 49.9 Å². The molecule has 2 aromatic carbocycles. The quantitative estimate of drug-likeness (QED) is 0.570. The molecular weight excluding hydrogens is 400 g/mol. The van der Waals surface area contributed by atoms with Crippen LogP contribution in [0.1, 0.15) is 37.0 Å². The Hall–Kier alpha value is -3.62. The second-order valence-electron chi connectivity index (χ2n) is 8.04. The highest BCUT2D eigenvalue weighted by Gasteiger charge is 2.26. The number of anilines is 3. The largest absolute Gasteiger partial charge is 0.479 e. The fourth-order valence-corrected chi connectivity index (χ4v) is 3.83. The first-order valence-corrected chi connectivity index (χ1v) is 10.3. The highest BCUT2D eigenvalue weighted by atomic mass is 16.6. The molecule has 0 aliphatic carbocycles. The van der Waals surface area contributed by atoms with Gasteiger partial charge >= 0.3 is 0 Å². The summed E-state index contributed by atoms with van der Waals surface area (Å²) in [6.07, 6.45) is 1.41. The Labute approximate surface area is 179 Å². The molecule has 0 bridgehead atoms. The van der Waals surface area contributed by atoms with Gasteiger partial charge < -0.3 is 20.3 Å². The summed E-state index contributed by atoms with van der Waals surface area (Å²) in [6.45, 7) is 5.43. The van der Waals surface area contributed by atoms with Crippen LogP contribution >= 0.6 is 0 Å². The number of benzene rings is 2. The molecule has 1 atom stereocenters. The maximum absolute atomic E-state index is 13.1. The number of amides is 2.